The summed E-state index contributed by atoms with van der Waals surface area (Å²) < 4.78 is 10.4. The highest BCUT2D eigenvalue weighted by Gasteiger charge is 2.24. The van der Waals surface area contributed by atoms with Crippen molar-refractivity contribution in [2.24, 2.45) is 5.92 Å². The minimum atomic E-state index is -0.275. The molecule has 2 rings (SSSR count). The first-order chi connectivity index (χ1) is 9.31. The van der Waals surface area contributed by atoms with E-state index in [-0.39, 0.29) is 11.9 Å². The molecule has 0 heterocycles. The van der Waals surface area contributed by atoms with Crippen LogP contribution in [0, 0.1) is 5.92 Å². The maximum atomic E-state index is 11.9. The minimum absolute atomic E-state index is 0.268. The van der Waals surface area contributed by atoms with E-state index in [4.69, 9.17) is 9.47 Å². The van der Waals surface area contributed by atoms with Gasteiger partial charge in [-0.15, -0.1) is 0 Å². The standard InChI is InChI=1S/C16H20O3/c1-18-16(17)15(13-8-4-2-5-9-13)12-19-14-10-6-3-7-11-14/h3,6-7,10-13H,2,4-5,8-9H2,1H3/b15-12+. The van der Waals surface area contributed by atoms with E-state index in [2.05, 4.69) is 0 Å². The minimum Gasteiger partial charge on any atom is -0.466 e. The lowest BCUT2D eigenvalue weighted by Gasteiger charge is -2.22. The fourth-order valence-electron chi connectivity index (χ4n) is 2.47. The van der Waals surface area contributed by atoms with Crippen molar-refractivity contribution in [3.8, 4) is 5.75 Å². The Bertz CT molecular complexity index is 431. The SMILES string of the molecule is COC(=O)/C(=C/Oc1ccccc1)C1CCCCC1. The Labute approximate surface area is 114 Å². The first kappa shape index (κ1) is 13.7. The third kappa shape index (κ3) is 3.85. The first-order valence-corrected chi connectivity index (χ1v) is 6.81. The van der Waals surface area contributed by atoms with Crippen LogP contribution < -0.4 is 4.74 Å². The van der Waals surface area contributed by atoms with Crippen molar-refractivity contribution < 1.29 is 14.3 Å². The molecular formula is C16H20O3. The number of esters is 1. The maximum Gasteiger partial charge on any atom is 0.337 e. The van der Waals surface area contributed by atoms with Gasteiger partial charge in [-0.3, -0.25) is 0 Å². The summed E-state index contributed by atoms with van der Waals surface area (Å²) in [6.45, 7) is 0. The zero-order valence-corrected chi connectivity index (χ0v) is 11.3. The molecule has 0 aliphatic heterocycles. The van der Waals surface area contributed by atoms with Crippen LogP contribution in [0.2, 0.25) is 0 Å². The molecule has 0 radical (unpaired) electrons. The third-order valence-corrected chi connectivity index (χ3v) is 3.53. The number of rotatable bonds is 4. The van der Waals surface area contributed by atoms with Crippen LogP contribution in [0.1, 0.15) is 32.1 Å². The van der Waals surface area contributed by atoms with Gasteiger partial charge in [0.05, 0.1) is 12.7 Å². The van der Waals surface area contributed by atoms with E-state index in [1.165, 1.54) is 26.4 Å². The molecule has 1 aromatic carbocycles. The van der Waals surface area contributed by atoms with Crippen LogP contribution >= 0.6 is 0 Å². The predicted molar refractivity (Wildman–Crippen MR) is 73.7 cm³/mol. The molecule has 1 aliphatic rings. The van der Waals surface area contributed by atoms with Gasteiger partial charge in [-0.05, 0) is 30.9 Å². The molecule has 19 heavy (non-hydrogen) atoms. The predicted octanol–water partition coefficient (Wildman–Crippen LogP) is 3.70. The summed E-state index contributed by atoms with van der Waals surface area (Å²) in [4.78, 5) is 11.9. The summed E-state index contributed by atoms with van der Waals surface area (Å²) in [7, 11) is 1.42. The van der Waals surface area contributed by atoms with Crippen molar-refractivity contribution in [3.63, 3.8) is 0 Å². The number of benzene rings is 1. The lowest BCUT2D eigenvalue weighted by molar-refractivity contribution is -0.137. The average molecular weight is 260 g/mol. The van der Waals surface area contributed by atoms with Crippen LogP contribution in [0.25, 0.3) is 0 Å². The fraction of sp³-hybridized carbons (Fsp3) is 0.438. The normalized spacial score (nSPS) is 17.0. The van der Waals surface area contributed by atoms with Gasteiger partial charge in [0.25, 0.3) is 0 Å². The van der Waals surface area contributed by atoms with Gasteiger partial charge in [0, 0.05) is 0 Å². The van der Waals surface area contributed by atoms with Gasteiger partial charge >= 0.3 is 5.97 Å². The Morgan fingerprint density at radius 3 is 2.47 bits per heavy atom. The molecule has 3 heteroatoms. The van der Waals surface area contributed by atoms with Gasteiger partial charge < -0.3 is 9.47 Å². The Balaban J connectivity index is 2.10. The van der Waals surface area contributed by atoms with Gasteiger partial charge in [0.15, 0.2) is 0 Å². The number of carbonyl (C=O) groups excluding carboxylic acids is 1. The largest absolute Gasteiger partial charge is 0.466 e. The second kappa shape index (κ2) is 6.98. The van der Waals surface area contributed by atoms with E-state index in [9.17, 15) is 4.79 Å². The molecule has 0 aromatic heterocycles. The number of hydrogen-bond acceptors (Lipinski definition) is 3. The molecule has 0 N–H and O–H groups in total. The summed E-state index contributed by atoms with van der Waals surface area (Å²) in [5.41, 5.74) is 0.658. The maximum absolute atomic E-state index is 11.9. The molecule has 0 amide bonds. The van der Waals surface area contributed by atoms with Crippen molar-refractivity contribution in [1.29, 1.82) is 0 Å². The van der Waals surface area contributed by atoms with Crippen LogP contribution in [0.4, 0.5) is 0 Å². The number of methoxy groups -OCH3 is 1. The smallest absolute Gasteiger partial charge is 0.337 e. The highest BCUT2D eigenvalue weighted by Crippen LogP contribution is 2.30. The van der Waals surface area contributed by atoms with Crippen LogP contribution in [0.15, 0.2) is 42.2 Å². The van der Waals surface area contributed by atoms with Crippen molar-refractivity contribution in [3.05, 3.63) is 42.2 Å². The summed E-state index contributed by atoms with van der Waals surface area (Å²) >= 11 is 0. The molecule has 1 saturated carbocycles. The molecule has 3 nitrogen and oxygen atoms in total. The van der Waals surface area contributed by atoms with Gasteiger partial charge in [0.1, 0.15) is 12.0 Å². The summed E-state index contributed by atoms with van der Waals surface area (Å²) in [5, 5.41) is 0. The van der Waals surface area contributed by atoms with E-state index in [1.807, 2.05) is 30.3 Å². The summed E-state index contributed by atoms with van der Waals surface area (Å²) in [6, 6.07) is 9.47. The molecular weight excluding hydrogens is 240 g/mol. The van der Waals surface area contributed by atoms with E-state index >= 15 is 0 Å². The number of ether oxygens (including phenoxy) is 2. The lowest BCUT2D eigenvalue weighted by Crippen LogP contribution is -2.18. The number of para-hydroxylation sites is 1. The molecule has 0 unspecified atom stereocenters. The molecule has 1 aromatic rings. The Morgan fingerprint density at radius 2 is 1.84 bits per heavy atom. The molecule has 102 valence electrons. The van der Waals surface area contributed by atoms with E-state index < -0.39 is 0 Å². The average Bonchev–Trinajstić information content (AvgIpc) is 2.49. The third-order valence-electron chi connectivity index (χ3n) is 3.53. The first-order valence-electron chi connectivity index (χ1n) is 6.81. The monoisotopic (exact) mass is 260 g/mol. The molecule has 0 bridgehead atoms. The Morgan fingerprint density at radius 1 is 1.16 bits per heavy atom. The van der Waals surface area contributed by atoms with Crippen molar-refractivity contribution in [2.75, 3.05) is 7.11 Å². The van der Waals surface area contributed by atoms with E-state index in [0.29, 0.717) is 5.57 Å². The topological polar surface area (TPSA) is 35.5 Å². The fourth-order valence-corrected chi connectivity index (χ4v) is 2.47. The second-order valence-corrected chi connectivity index (χ2v) is 4.83. The number of carbonyl (C=O) groups is 1. The van der Waals surface area contributed by atoms with E-state index in [0.717, 1.165) is 18.6 Å². The molecule has 1 aliphatic carbocycles. The molecule has 0 spiro atoms. The second-order valence-electron chi connectivity index (χ2n) is 4.83. The number of hydrogen-bond donors (Lipinski definition) is 0. The zero-order valence-electron chi connectivity index (χ0n) is 11.3. The highest BCUT2D eigenvalue weighted by molar-refractivity contribution is 5.88. The van der Waals surface area contributed by atoms with Crippen molar-refractivity contribution >= 4 is 5.97 Å². The Hall–Kier alpha value is -1.77. The van der Waals surface area contributed by atoms with Gasteiger partial charge in [-0.1, -0.05) is 37.5 Å². The van der Waals surface area contributed by atoms with Gasteiger partial charge in [-0.25, -0.2) is 4.79 Å². The summed E-state index contributed by atoms with van der Waals surface area (Å²) in [6.07, 6.45) is 7.24. The van der Waals surface area contributed by atoms with Crippen LogP contribution in [-0.2, 0) is 9.53 Å². The Kier molecular flexibility index (Phi) is 5.01. The van der Waals surface area contributed by atoms with Crippen LogP contribution in [-0.4, -0.2) is 13.1 Å². The lowest BCUT2D eigenvalue weighted by atomic mass is 9.84. The molecule has 0 atom stereocenters. The van der Waals surface area contributed by atoms with Crippen LogP contribution in [0.5, 0.6) is 5.75 Å². The molecule has 1 fully saturated rings. The van der Waals surface area contributed by atoms with Crippen LogP contribution in [0.3, 0.4) is 0 Å². The zero-order chi connectivity index (χ0) is 13.5. The van der Waals surface area contributed by atoms with Crippen molar-refractivity contribution in [2.45, 2.75) is 32.1 Å². The highest BCUT2D eigenvalue weighted by atomic mass is 16.5. The van der Waals surface area contributed by atoms with Crippen molar-refractivity contribution in [1.82, 2.24) is 0 Å². The van der Waals surface area contributed by atoms with Gasteiger partial charge in [0.2, 0.25) is 0 Å². The van der Waals surface area contributed by atoms with Gasteiger partial charge in [-0.2, -0.15) is 0 Å². The summed E-state index contributed by atoms with van der Waals surface area (Å²) in [5.74, 6) is 0.729. The molecule has 0 saturated heterocycles. The van der Waals surface area contributed by atoms with E-state index in [1.54, 1.807) is 6.26 Å². The quantitative estimate of drug-likeness (QED) is 0.470.